The highest BCUT2D eigenvalue weighted by Gasteiger charge is 2.30. The monoisotopic (exact) mass is 240 g/mol. The zero-order valence-electron chi connectivity index (χ0n) is 11.9. The number of likely N-dealkylation sites (N-methyl/N-ethyl adjacent to an activating group) is 1. The largest absolute Gasteiger partial charge is 0.374 e. The van der Waals surface area contributed by atoms with E-state index in [2.05, 4.69) is 37.6 Å². The highest BCUT2D eigenvalue weighted by atomic mass is 16.5. The molecule has 2 fully saturated rings. The summed E-state index contributed by atoms with van der Waals surface area (Å²) in [5.74, 6) is 0. The summed E-state index contributed by atoms with van der Waals surface area (Å²) in [6, 6.07) is 0. The van der Waals surface area contributed by atoms with E-state index < -0.39 is 0 Å². The molecule has 0 aromatic carbocycles. The van der Waals surface area contributed by atoms with Crippen molar-refractivity contribution in [3.05, 3.63) is 0 Å². The van der Waals surface area contributed by atoms with E-state index >= 15 is 0 Å². The van der Waals surface area contributed by atoms with Crippen LogP contribution < -0.4 is 0 Å². The lowest BCUT2D eigenvalue weighted by molar-refractivity contribution is -0.0487. The number of piperidine rings is 1. The molecule has 2 rings (SSSR count). The number of rotatable bonds is 2. The Hall–Kier alpha value is -0.120. The van der Waals surface area contributed by atoms with Crippen molar-refractivity contribution in [2.75, 3.05) is 33.2 Å². The first-order valence-electron chi connectivity index (χ1n) is 7.04. The van der Waals surface area contributed by atoms with Gasteiger partial charge in [-0.2, -0.15) is 0 Å². The summed E-state index contributed by atoms with van der Waals surface area (Å²) in [6.07, 6.45) is 4.63. The Kier molecular flexibility index (Phi) is 4.11. The van der Waals surface area contributed by atoms with E-state index in [4.69, 9.17) is 4.74 Å². The van der Waals surface area contributed by atoms with Gasteiger partial charge in [0.25, 0.3) is 0 Å². The van der Waals surface area contributed by atoms with E-state index in [1.165, 1.54) is 38.9 Å². The number of hydrogen-bond donors (Lipinski definition) is 0. The summed E-state index contributed by atoms with van der Waals surface area (Å²) >= 11 is 0. The smallest absolute Gasteiger partial charge is 0.0717 e. The molecule has 1 atom stereocenters. The molecule has 0 aromatic rings. The fourth-order valence-electron chi connectivity index (χ4n) is 2.94. The van der Waals surface area contributed by atoms with Crippen LogP contribution in [0.25, 0.3) is 0 Å². The predicted molar refractivity (Wildman–Crippen MR) is 71.3 cm³/mol. The second-order valence-electron chi connectivity index (χ2n) is 6.67. The summed E-state index contributed by atoms with van der Waals surface area (Å²) in [5, 5.41) is 0. The van der Waals surface area contributed by atoms with Crippen molar-refractivity contribution < 1.29 is 4.74 Å². The lowest BCUT2D eigenvalue weighted by Crippen LogP contribution is -2.48. The molecular formula is C14H28N2O. The Balaban J connectivity index is 1.72. The predicted octanol–water partition coefficient (Wildman–Crippen LogP) is 1.97. The quantitative estimate of drug-likeness (QED) is 0.734. The van der Waals surface area contributed by atoms with Crippen molar-refractivity contribution in [1.82, 2.24) is 9.80 Å². The summed E-state index contributed by atoms with van der Waals surface area (Å²) in [4.78, 5) is 4.95. The van der Waals surface area contributed by atoms with Crippen molar-refractivity contribution in [3.63, 3.8) is 0 Å². The Morgan fingerprint density at radius 1 is 0.941 bits per heavy atom. The highest BCUT2D eigenvalue weighted by molar-refractivity contribution is 4.83. The first-order chi connectivity index (χ1) is 7.95. The Labute approximate surface area is 106 Å². The third-order valence-electron chi connectivity index (χ3n) is 4.12. The van der Waals surface area contributed by atoms with Crippen molar-refractivity contribution in [2.24, 2.45) is 0 Å². The molecule has 0 radical (unpaired) electrons. The minimum absolute atomic E-state index is 0.318. The van der Waals surface area contributed by atoms with E-state index in [-0.39, 0.29) is 0 Å². The molecule has 0 amide bonds. The first-order valence-corrected chi connectivity index (χ1v) is 7.04. The molecule has 0 aromatic heterocycles. The molecule has 2 heterocycles. The van der Waals surface area contributed by atoms with Crippen LogP contribution in [-0.4, -0.2) is 60.8 Å². The first kappa shape index (κ1) is 13.3. The highest BCUT2D eigenvalue weighted by Crippen LogP contribution is 2.24. The summed E-state index contributed by atoms with van der Waals surface area (Å²) in [7, 11) is 2.19. The number of ether oxygens (including phenoxy) is 1. The average molecular weight is 240 g/mol. The maximum absolute atomic E-state index is 6.22. The SMILES string of the molecule is CN1CCC(OC2CCN(C(C)(C)C)CC2)C1. The van der Waals surface area contributed by atoms with Gasteiger partial charge in [-0.3, -0.25) is 4.90 Å². The van der Waals surface area contributed by atoms with Crippen LogP contribution in [0.3, 0.4) is 0 Å². The van der Waals surface area contributed by atoms with Gasteiger partial charge in [-0.05, 0) is 47.1 Å². The van der Waals surface area contributed by atoms with E-state index in [1.54, 1.807) is 0 Å². The maximum atomic E-state index is 6.22. The number of likely N-dealkylation sites (tertiary alicyclic amines) is 2. The summed E-state index contributed by atoms with van der Waals surface area (Å²) in [5.41, 5.74) is 0.318. The molecule has 0 spiro atoms. The van der Waals surface area contributed by atoms with Gasteiger partial charge in [-0.15, -0.1) is 0 Å². The van der Waals surface area contributed by atoms with Crippen molar-refractivity contribution >= 4 is 0 Å². The molecule has 3 nitrogen and oxygen atoms in total. The van der Waals surface area contributed by atoms with Crippen molar-refractivity contribution in [1.29, 1.82) is 0 Å². The molecule has 0 saturated carbocycles. The number of nitrogens with zero attached hydrogens (tertiary/aromatic N) is 2. The second-order valence-corrected chi connectivity index (χ2v) is 6.67. The van der Waals surface area contributed by atoms with Crippen molar-refractivity contribution in [2.45, 2.75) is 57.8 Å². The number of hydrogen-bond acceptors (Lipinski definition) is 3. The lowest BCUT2D eigenvalue weighted by atomic mass is 9.99. The molecule has 1 unspecified atom stereocenters. The standard InChI is InChI=1S/C14H28N2O/c1-14(2,3)16-9-6-12(7-10-16)17-13-5-8-15(4)11-13/h12-13H,5-11H2,1-4H3. The minimum atomic E-state index is 0.318. The van der Waals surface area contributed by atoms with E-state index in [1.807, 2.05) is 0 Å². The normalized spacial score (nSPS) is 30.0. The maximum Gasteiger partial charge on any atom is 0.0717 e. The van der Waals surface area contributed by atoms with E-state index in [0.29, 0.717) is 17.7 Å². The van der Waals surface area contributed by atoms with Gasteiger partial charge in [0, 0.05) is 31.7 Å². The van der Waals surface area contributed by atoms with E-state index in [0.717, 1.165) is 6.54 Å². The molecule has 0 bridgehead atoms. The third-order valence-corrected chi connectivity index (χ3v) is 4.12. The molecule has 3 heteroatoms. The summed E-state index contributed by atoms with van der Waals surface area (Å²) in [6.45, 7) is 11.6. The molecule has 17 heavy (non-hydrogen) atoms. The zero-order valence-corrected chi connectivity index (χ0v) is 11.9. The molecule has 0 N–H and O–H groups in total. The Morgan fingerprint density at radius 2 is 1.53 bits per heavy atom. The van der Waals surface area contributed by atoms with Gasteiger partial charge in [0.2, 0.25) is 0 Å². The van der Waals surface area contributed by atoms with Gasteiger partial charge in [0.15, 0.2) is 0 Å². The van der Waals surface area contributed by atoms with Gasteiger partial charge in [0.1, 0.15) is 0 Å². The molecule has 2 aliphatic rings. The van der Waals surface area contributed by atoms with Crippen LogP contribution in [-0.2, 0) is 4.74 Å². The van der Waals surface area contributed by atoms with E-state index in [9.17, 15) is 0 Å². The lowest BCUT2D eigenvalue weighted by Gasteiger charge is -2.41. The molecule has 2 saturated heterocycles. The fraction of sp³-hybridized carbons (Fsp3) is 1.00. The topological polar surface area (TPSA) is 15.7 Å². The fourth-order valence-corrected chi connectivity index (χ4v) is 2.94. The Bertz CT molecular complexity index is 241. The minimum Gasteiger partial charge on any atom is -0.374 e. The van der Waals surface area contributed by atoms with Crippen LogP contribution in [0.2, 0.25) is 0 Å². The van der Waals surface area contributed by atoms with Crippen LogP contribution in [0.5, 0.6) is 0 Å². The Morgan fingerprint density at radius 3 is 2.00 bits per heavy atom. The molecule has 100 valence electrons. The van der Waals surface area contributed by atoms with Crippen LogP contribution in [0.1, 0.15) is 40.0 Å². The molecule has 0 aliphatic carbocycles. The van der Waals surface area contributed by atoms with Gasteiger partial charge in [0.05, 0.1) is 12.2 Å². The third kappa shape index (κ3) is 3.67. The van der Waals surface area contributed by atoms with Gasteiger partial charge in [-0.1, -0.05) is 0 Å². The van der Waals surface area contributed by atoms with Gasteiger partial charge >= 0.3 is 0 Å². The second kappa shape index (κ2) is 5.25. The molecule has 2 aliphatic heterocycles. The van der Waals surface area contributed by atoms with Gasteiger partial charge in [-0.25, -0.2) is 0 Å². The zero-order chi connectivity index (χ0) is 12.5. The van der Waals surface area contributed by atoms with Crippen LogP contribution in [0.15, 0.2) is 0 Å². The van der Waals surface area contributed by atoms with Crippen molar-refractivity contribution in [3.8, 4) is 0 Å². The van der Waals surface area contributed by atoms with Crippen LogP contribution in [0.4, 0.5) is 0 Å². The van der Waals surface area contributed by atoms with Crippen LogP contribution in [0, 0.1) is 0 Å². The van der Waals surface area contributed by atoms with Crippen LogP contribution >= 0.6 is 0 Å². The molecular weight excluding hydrogens is 212 g/mol. The summed E-state index contributed by atoms with van der Waals surface area (Å²) < 4.78 is 6.22. The average Bonchev–Trinajstić information content (AvgIpc) is 2.63. The van der Waals surface area contributed by atoms with Gasteiger partial charge < -0.3 is 9.64 Å².